The molecule has 0 unspecified atom stereocenters. The molecule has 1 aromatic rings. The van der Waals surface area contributed by atoms with Gasteiger partial charge < -0.3 is 14.8 Å². The summed E-state index contributed by atoms with van der Waals surface area (Å²) in [4.78, 5) is 22.8. The van der Waals surface area contributed by atoms with E-state index in [1.54, 1.807) is 26.2 Å². The van der Waals surface area contributed by atoms with Crippen LogP contribution in [0.5, 0.6) is 0 Å². The lowest BCUT2D eigenvalue weighted by Crippen LogP contribution is -2.26. The van der Waals surface area contributed by atoms with Crippen LogP contribution in [-0.4, -0.2) is 32.1 Å². The Morgan fingerprint density at radius 3 is 2.47 bits per heavy atom. The maximum atomic E-state index is 11.8. The van der Waals surface area contributed by atoms with Gasteiger partial charge in [0.25, 0.3) is 5.91 Å². The predicted molar refractivity (Wildman–Crippen MR) is 70.7 cm³/mol. The number of rotatable bonds is 7. The minimum atomic E-state index is -0.307. The van der Waals surface area contributed by atoms with Crippen LogP contribution in [0.4, 0.5) is 0 Å². The number of esters is 1. The zero-order chi connectivity index (χ0) is 14.1. The number of ether oxygens (including phenoxy) is 2. The summed E-state index contributed by atoms with van der Waals surface area (Å²) >= 11 is 0. The lowest BCUT2D eigenvalue weighted by molar-refractivity contribution is -0.142. The fourth-order valence-electron chi connectivity index (χ4n) is 1.53. The Labute approximate surface area is 112 Å². The molecule has 1 rings (SSSR count). The molecule has 5 nitrogen and oxygen atoms in total. The molecule has 1 N–H and O–H groups in total. The van der Waals surface area contributed by atoms with E-state index < -0.39 is 0 Å². The van der Waals surface area contributed by atoms with Crippen LogP contribution in [0.25, 0.3) is 0 Å². The molecular formula is C14H19NO4. The molecule has 5 heteroatoms. The van der Waals surface area contributed by atoms with Gasteiger partial charge in [0, 0.05) is 19.2 Å². The van der Waals surface area contributed by atoms with E-state index in [0.29, 0.717) is 18.8 Å². The average molecular weight is 265 g/mol. The summed E-state index contributed by atoms with van der Waals surface area (Å²) in [5.74, 6) is -0.508. The molecule has 0 spiro atoms. The Kier molecular flexibility index (Phi) is 6.60. The van der Waals surface area contributed by atoms with Crippen molar-refractivity contribution in [3.05, 3.63) is 35.4 Å². The van der Waals surface area contributed by atoms with Crippen molar-refractivity contribution in [2.45, 2.75) is 20.0 Å². The summed E-state index contributed by atoms with van der Waals surface area (Å²) in [6, 6.07) is 7.13. The molecule has 1 aromatic carbocycles. The summed E-state index contributed by atoms with van der Waals surface area (Å²) in [6.45, 7) is 2.90. The summed E-state index contributed by atoms with van der Waals surface area (Å²) in [7, 11) is 1.62. The molecule has 0 aliphatic carbocycles. The molecule has 0 fully saturated rings. The van der Waals surface area contributed by atoms with Crippen LogP contribution in [-0.2, 0) is 20.9 Å². The van der Waals surface area contributed by atoms with E-state index in [1.807, 2.05) is 12.1 Å². The van der Waals surface area contributed by atoms with Crippen LogP contribution in [0.1, 0.15) is 29.3 Å². The Morgan fingerprint density at radius 2 is 1.89 bits per heavy atom. The van der Waals surface area contributed by atoms with E-state index in [2.05, 4.69) is 5.32 Å². The number of carbonyl (C=O) groups excluding carboxylic acids is 2. The van der Waals surface area contributed by atoms with Gasteiger partial charge in [0.15, 0.2) is 0 Å². The van der Waals surface area contributed by atoms with Gasteiger partial charge in [-0.3, -0.25) is 9.59 Å². The van der Waals surface area contributed by atoms with Gasteiger partial charge >= 0.3 is 5.97 Å². The van der Waals surface area contributed by atoms with Crippen molar-refractivity contribution in [2.24, 2.45) is 0 Å². The standard InChI is InChI=1S/C14H19NO4/c1-3-19-13(16)8-9-15-14(17)12-6-4-11(5-7-12)10-18-2/h4-7H,3,8-10H2,1-2H3,(H,15,17). The first kappa shape index (κ1) is 15.2. The Morgan fingerprint density at radius 1 is 1.21 bits per heavy atom. The SMILES string of the molecule is CCOC(=O)CCNC(=O)c1ccc(COC)cc1. The number of benzene rings is 1. The van der Waals surface area contributed by atoms with E-state index in [9.17, 15) is 9.59 Å². The second-order valence-electron chi connectivity index (χ2n) is 3.94. The molecule has 1 amide bonds. The fourth-order valence-corrected chi connectivity index (χ4v) is 1.53. The van der Waals surface area contributed by atoms with Gasteiger partial charge in [-0.2, -0.15) is 0 Å². The number of methoxy groups -OCH3 is 1. The molecule has 104 valence electrons. The van der Waals surface area contributed by atoms with Gasteiger partial charge in [0.05, 0.1) is 19.6 Å². The second-order valence-corrected chi connectivity index (χ2v) is 3.94. The van der Waals surface area contributed by atoms with Crippen molar-refractivity contribution in [3.63, 3.8) is 0 Å². The molecule has 0 aliphatic rings. The number of nitrogens with one attached hydrogen (secondary N) is 1. The van der Waals surface area contributed by atoms with Crippen LogP contribution in [0, 0.1) is 0 Å². The highest BCUT2D eigenvalue weighted by Gasteiger charge is 2.06. The minimum absolute atomic E-state index is 0.182. The maximum absolute atomic E-state index is 11.8. The second kappa shape index (κ2) is 8.26. The third-order valence-corrected chi connectivity index (χ3v) is 2.45. The zero-order valence-corrected chi connectivity index (χ0v) is 11.3. The summed E-state index contributed by atoms with van der Waals surface area (Å²) in [5.41, 5.74) is 1.56. The maximum Gasteiger partial charge on any atom is 0.307 e. The summed E-state index contributed by atoms with van der Waals surface area (Å²) in [5, 5.41) is 2.67. The van der Waals surface area contributed by atoms with Crippen molar-refractivity contribution in [1.82, 2.24) is 5.32 Å². The van der Waals surface area contributed by atoms with Gasteiger partial charge in [0.2, 0.25) is 0 Å². The van der Waals surface area contributed by atoms with Crippen molar-refractivity contribution < 1.29 is 19.1 Å². The normalized spacial score (nSPS) is 10.0. The highest BCUT2D eigenvalue weighted by Crippen LogP contribution is 2.05. The highest BCUT2D eigenvalue weighted by molar-refractivity contribution is 5.94. The average Bonchev–Trinajstić information content (AvgIpc) is 2.40. The lowest BCUT2D eigenvalue weighted by atomic mass is 10.1. The predicted octanol–water partition coefficient (Wildman–Crippen LogP) is 1.52. The van der Waals surface area contributed by atoms with Gasteiger partial charge in [-0.05, 0) is 24.6 Å². The minimum Gasteiger partial charge on any atom is -0.466 e. The number of carbonyl (C=O) groups is 2. The van der Waals surface area contributed by atoms with Crippen molar-refractivity contribution in [3.8, 4) is 0 Å². The van der Waals surface area contributed by atoms with Gasteiger partial charge in [-0.15, -0.1) is 0 Å². The van der Waals surface area contributed by atoms with Crippen LogP contribution < -0.4 is 5.32 Å². The Hall–Kier alpha value is -1.88. The molecule has 19 heavy (non-hydrogen) atoms. The van der Waals surface area contributed by atoms with E-state index in [-0.39, 0.29) is 24.8 Å². The molecule has 0 aromatic heterocycles. The third-order valence-electron chi connectivity index (χ3n) is 2.45. The fraction of sp³-hybridized carbons (Fsp3) is 0.429. The monoisotopic (exact) mass is 265 g/mol. The quantitative estimate of drug-likeness (QED) is 0.759. The largest absolute Gasteiger partial charge is 0.466 e. The molecule has 0 bridgehead atoms. The number of amides is 1. The van der Waals surface area contributed by atoms with Crippen LogP contribution in [0.2, 0.25) is 0 Å². The van der Waals surface area contributed by atoms with Gasteiger partial charge in [-0.25, -0.2) is 0 Å². The van der Waals surface area contributed by atoms with E-state index in [4.69, 9.17) is 9.47 Å². The Bertz CT molecular complexity index is 414. The van der Waals surface area contributed by atoms with Crippen LogP contribution >= 0.6 is 0 Å². The van der Waals surface area contributed by atoms with E-state index in [1.165, 1.54) is 0 Å². The molecule has 0 saturated heterocycles. The summed E-state index contributed by atoms with van der Waals surface area (Å²) in [6.07, 6.45) is 0.182. The van der Waals surface area contributed by atoms with Crippen molar-refractivity contribution in [1.29, 1.82) is 0 Å². The first-order valence-corrected chi connectivity index (χ1v) is 6.19. The smallest absolute Gasteiger partial charge is 0.307 e. The summed E-state index contributed by atoms with van der Waals surface area (Å²) < 4.78 is 9.76. The molecule has 0 heterocycles. The number of hydrogen-bond donors (Lipinski definition) is 1. The highest BCUT2D eigenvalue weighted by atomic mass is 16.5. The molecule has 0 aliphatic heterocycles. The first-order valence-electron chi connectivity index (χ1n) is 6.19. The van der Waals surface area contributed by atoms with Crippen molar-refractivity contribution >= 4 is 11.9 Å². The molecule has 0 atom stereocenters. The molecular weight excluding hydrogens is 246 g/mol. The van der Waals surface area contributed by atoms with E-state index in [0.717, 1.165) is 5.56 Å². The zero-order valence-electron chi connectivity index (χ0n) is 11.3. The lowest BCUT2D eigenvalue weighted by Gasteiger charge is -2.06. The third kappa shape index (κ3) is 5.52. The van der Waals surface area contributed by atoms with Gasteiger partial charge in [0.1, 0.15) is 0 Å². The van der Waals surface area contributed by atoms with E-state index >= 15 is 0 Å². The Balaban J connectivity index is 2.38. The molecule has 0 radical (unpaired) electrons. The van der Waals surface area contributed by atoms with Gasteiger partial charge in [-0.1, -0.05) is 12.1 Å². The first-order chi connectivity index (χ1) is 9.17. The topological polar surface area (TPSA) is 64.6 Å². The number of hydrogen-bond acceptors (Lipinski definition) is 4. The van der Waals surface area contributed by atoms with Crippen LogP contribution in [0.3, 0.4) is 0 Å². The van der Waals surface area contributed by atoms with Crippen molar-refractivity contribution in [2.75, 3.05) is 20.3 Å². The van der Waals surface area contributed by atoms with Crippen LogP contribution in [0.15, 0.2) is 24.3 Å². The molecule has 0 saturated carbocycles.